The van der Waals surface area contributed by atoms with Crippen LogP contribution in [0.5, 0.6) is 0 Å². The van der Waals surface area contributed by atoms with Crippen molar-refractivity contribution in [3.05, 3.63) is 0 Å². The summed E-state index contributed by atoms with van der Waals surface area (Å²) in [5.41, 5.74) is 7.61. The fourth-order valence-electron chi connectivity index (χ4n) is 1.91. The third-order valence-corrected chi connectivity index (χ3v) is 3.21. The Labute approximate surface area is 146 Å². The van der Waals surface area contributed by atoms with E-state index in [2.05, 4.69) is 25.3 Å². The predicted octanol–water partition coefficient (Wildman–Crippen LogP) is 0.560. The molecular formula is C16H40N2O4W. The predicted molar refractivity (Wildman–Crippen MR) is 83.6 cm³/mol. The SMILES string of the molecule is CCCCCCCC[NH3+].CCCCCCCC[NH3+].[O]=[W](=[O])([O-])[O-]. The maximum atomic E-state index is 8.65. The summed E-state index contributed by atoms with van der Waals surface area (Å²) in [6.07, 6.45) is 16.7. The molecule has 0 aromatic heterocycles. The van der Waals surface area contributed by atoms with Gasteiger partial charge in [-0.3, -0.25) is 0 Å². The van der Waals surface area contributed by atoms with Crippen molar-refractivity contribution in [2.75, 3.05) is 13.1 Å². The standard InChI is InChI=1S/2C8H19N.4O.W/c2*1-2-3-4-5-6-7-8-9;;;;;/h2*2-9H2,1H3;;;;;/q;;;;2*-1;/p+2. The van der Waals surface area contributed by atoms with Gasteiger partial charge in [0.15, 0.2) is 0 Å². The van der Waals surface area contributed by atoms with E-state index < -0.39 is 16.7 Å². The number of quaternary nitrogens is 2. The minimum absolute atomic E-state index is 1.12. The first-order chi connectivity index (χ1) is 10.8. The Morgan fingerprint density at radius 1 is 0.609 bits per heavy atom. The molecule has 6 N–H and O–H groups in total. The molecule has 0 spiro atoms. The molecule has 0 aliphatic rings. The number of hydrogen-bond donors (Lipinski definition) is 2. The number of unbranched alkanes of at least 4 members (excludes halogenated alkanes) is 10. The summed E-state index contributed by atoms with van der Waals surface area (Å²) < 4.78 is 34.6. The monoisotopic (exact) mass is 508 g/mol. The molecule has 0 bridgehead atoms. The van der Waals surface area contributed by atoms with E-state index in [-0.39, 0.29) is 0 Å². The topological polar surface area (TPSA) is 136 Å². The third kappa shape index (κ3) is 60.9. The van der Waals surface area contributed by atoms with Gasteiger partial charge in [0.05, 0.1) is 13.1 Å². The quantitative estimate of drug-likeness (QED) is 0.373. The second-order valence-corrected chi connectivity index (χ2v) is 8.58. The van der Waals surface area contributed by atoms with E-state index in [0.29, 0.717) is 0 Å². The van der Waals surface area contributed by atoms with Gasteiger partial charge in [-0.2, -0.15) is 0 Å². The van der Waals surface area contributed by atoms with Crippen molar-refractivity contribution >= 4 is 0 Å². The fraction of sp³-hybridized carbons (Fsp3) is 1.00. The Balaban J connectivity index is -0.000000273. The van der Waals surface area contributed by atoms with E-state index in [1.807, 2.05) is 0 Å². The molecule has 0 aliphatic carbocycles. The van der Waals surface area contributed by atoms with Crippen LogP contribution in [0.4, 0.5) is 0 Å². The average Bonchev–Trinajstić information content (AvgIpc) is 2.46. The van der Waals surface area contributed by atoms with Crippen LogP contribution in [-0.2, 0) is 23.5 Å². The fourth-order valence-corrected chi connectivity index (χ4v) is 1.91. The molecule has 0 saturated carbocycles. The van der Waals surface area contributed by atoms with E-state index in [9.17, 15) is 0 Å². The maximum absolute atomic E-state index is 8.65. The molecular weight excluding hydrogens is 468 g/mol. The molecule has 0 atom stereocenters. The first kappa shape index (κ1) is 28.0. The summed E-state index contributed by atoms with van der Waals surface area (Å²) in [6.45, 7) is 6.74. The molecule has 23 heavy (non-hydrogen) atoms. The van der Waals surface area contributed by atoms with Gasteiger partial charge in [0.25, 0.3) is 0 Å². The normalized spacial score (nSPS) is 10.3. The minimum atomic E-state index is -6.17. The second-order valence-electron chi connectivity index (χ2n) is 5.65. The number of rotatable bonds is 12. The average molecular weight is 508 g/mol. The van der Waals surface area contributed by atoms with E-state index in [4.69, 9.17) is 14.3 Å². The molecule has 6 nitrogen and oxygen atoms in total. The molecule has 7 heteroatoms. The zero-order valence-corrected chi connectivity index (χ0v) is 18.3. The molecule has 0 amide bonds. The van der Waals surface area contributed by atoms with Crippen molar-refractivity contribution in [3.8, 4) is 0 Å². The van der Waals surface area contributed by atoms with E-state index >= 15 is 0 Å². The van der Waals surface area contributed by atoms with Crippen molar-refractivity contribution in [2.45, 2.75) is 90.9 Å². The van der Waals surface area contributed by atoms with Gasteiger partial charge < -0.3 is 11.5 Å². The van der Waals surface area contributed by atoms with Crippen LogP contribution in [0, 0.1) is 0 Å². The van der Waals surface area contributed by atoms with Gasteiger partial charge in [-0.15, -0.1) is 0 Å². The Hall–Kier alpha value is 0.128. The molecule has 0 heterocycles. The van der Waals surface area contributed by atoms with Gasteiger partial charge in [0.1, 0.15) is 0 Å². The van der Waals surface area contributed by atoms with Gasteiger partial charge in [0.2, 0.25) is 0 Å². The zero-order valence-electron chi connectivity index (χ0n) is 15.4. The Kier molecular flexibility index (Phi) is 29.6. The van der Waals surface area contributed by atoms with Crippen LogP contribution in [0.1, 0.15) is 90.9 Å². The molecule has 0 aromatic rings. The first-order valence-electron chi connectivity index (χ1n) is 9.08. The van der Waals surface area contributed by atoms with Crippen molar-refractivity contribution < 1.29 is 42.5 Å². The second kappa shape index (κ2) is 24.4. The molecule has 0 aromatic carbocycles. The van der Waals surface area contributed by atoms with Crippen molar-refractivity contribution in [2.24, 2.45) is 0 Å². The molecule has 0 aliphatic heterocycles. The van der Waals surface area contributed by atoms with Crippen LogP contribution in [-0.4, -0.2) is 13.1 Å². The van der Waals surface area contributed by atoms with Crippen LogP contribution < -0.4 is 19.0 Å². The Morgan fingerprint density at radius 3 is 1.04 bits per heavy atom. The van der Waals surface area contributed by atoms with Gasteiger partial charge >= 0.3 is 31.1 Å². The van der Waals surface area contributed by atoms with Gasteiger partial charge in [0, 0.05) is 0 Å². The summed E-state index contributed by atoms with van der Waals surface area (Å²) in [5.74, 6) is 0. The first-order valence-corrected chi connectivity index (χ1v) is 13.9. The van der Waals surface area contributed by atoms with E-state index in [1.165, 1.54) is 77.0 Å². The summed E-state index contributed by atoms with van der Waals surface area (Å²) in [5, 5.41) is 0. The third-order valence-electron chi connectivity index (χ3n) is 3.21. The molecule has 0 saturated heterocycles. The molecule has 0 radical (unpaired) electrons. The summed E-state index contributed by atoms with van der Waals surface area (Å²) in [6, 6.07) is 0. The Bertz CT molecular complexity index is 252. The molecule has 0 unspecified atom stereocenters. The van der Waals surface area contributed by atoms with Crippen LogP contribution in [0.2, 0.25) is 0 Å². The van der Waals surface area contributed by atoms with Gasteiger partial charge in [-0.25, -0.2) is 0 Å². The van der Waals surface area contributed by atoms with Crippen LogP contribution >= 0.6 is 0 Å². The van der Waals surface area contributed by atoms with Gasteiger partial charge in [-0.05, 0) is 25.7 Å². The molecule has 144 valence electrons. The molecule has 0 rings (SSSR count). The molecule has 0 fully saturated rings. The van der Waals surface area contributed by atoms with Crippen molar-refractivity contribution in [1.29, 1.82) is 0 Å². The van der Waals surface area contributed by atoms with Crippen LogP contribution in [0.15, 0.2) is 0 Å². The summed E-state index contributed by atoms with van der Waals surface area (Å²) in [4.78, 5) is 0. The van der Waals surface area contributed by atoms with Crippen LogP contribution in [0.25, 0.3) is 0 Å². The van der Waals surface area contributed by atoms with Crippen LogP contribution in [0.3, 0.4) is 0 Å². The van der Waals surface area contributed by atoms with Gasteiger partial charge in [-0.1, -0.05) is 65.2 Å². The summed E-state index contributed by atoms with van der Waals surface area (Å²) >= 11 is -6.17. The van der Waals surface area contributed by atoms with E-state index in [1.54, 1.807) is 0 Å². The van der Waals surface area contributed by atoms with Crippen molar-refractivity contribution in [3.63, 3.8) is 0 Å². The summed E-state index contributed by atoms with van der Waals surface area (Å²) in [7, 11) is 0. The number of hydrogen-bond acceptors (Lipinski definition) is 4. The Morgan fingerprint density at radius 2 is 0.826 bits per heavy atom. The van der Waals surface area contributed by atoms with Crippen molar-refractivity contribution in [1.82, 2.24) is 0 Å². The van der Waals surface area contributed by atoms with E-state index in [0.717, 1.165) is 13.1 Å². The zero-order chi connectivity index (χ0) is 18.4.